The molecule has 0 atom stereocenters. The first-order chi connectivity index (χ1) is 6.37. The van der Waals surface area contributed by atoms with Crippen molar-refractivity contribution in [3.05, 3.63) is 27.7 Å². The summed E-state index contributed by atoms with van der Waals surface area (Å²) in [6.07, 6.45) is 0. The fourth-order valence-electron chi connectivity index (χ4n) is 0.822. The second kappa shape index (κ2) is 4.45. The molecule has 0 unspecified atom stereocenters. The molecule has 0 bridgehead atoms. The number of benzene rings is 1. The fourth-order valence-corrected chi connectivity index (χ4v) is 1.65. The van der Waals surface area contributed by atoms with Crippen molar-refractivity contribution in [3.63, 3.8) is 0 Å². The normalized spacial score (nSPS) is 11.5. The van der Waals surface area contributed by atoms with Crippen molar-refractivity contribution in [2.24, 2.45) is 0 Å². The molecule has 0 aliphatic carbocycles. The first kappa shape index (κ1) is 11.7. The van der Waals surface area contributed by atoms with E-state index in [2.05, 4.69) is 15.9 Å². The molecule has 5 heteroatoms. The summed E-state index contributed by atoms with van der Waals surface area (Å²) >= 11 is 8.88. The van der Waals surface area contributed by atoms with Crippen molar-refractivity contribution in [1.82, 2.24) is 0 Å². The molecule has 0 N–H and O–H groups in total. The van der Waals surface area contributed by atoms with Crippen molar-refractivity contribution < 1.29 is 13.5 Å². The van der Waals surface area contributed by atoms with Crippen LogP contribution in [0.2, 0.25) is 5.02 Å². The van der Waals surface area contributed by atoms with E-state index in [0.29, 0.717) is 15.2 Å². The monoisotopic (exact) mass is 284 g/mol. The first-order valence-corrected chi connectivity index (χ1v) is 5.01. The first-order valence-electron chi connectivity index (χ1n) is 3.83. The van der Waals surface area contributed by atoms with Gasteiger partial charge in [-0.2, -0.15) is 0 Å². The van der Waals surface area contributed by atoms with Crippen LogP contribution in [-0.2, 0) is 0 Å². The van der Waals surface area contributed by atoms with Gasteiger partial charge in [0.2, 0.25) is 0 Å². The van der Waals surface area contributed by atoms with Crippen LogP contribution in [0.5, 0.6) is 5.75 Å². The van der Waals surface area contributed by atoms with E-state index in [0.717, 1.165) is 6.92 Å². The molecule has 0 saturated carbocycles. The van der Waals surface area contributed by atoms with Gasteiger partial charge in [-0.05, 0) is 18.2 Å². The molecule has 0 aliphatic heterocycles. The second-order valence-electron chi connectivity index (χ2n) is 2.96. The molecule has 0 radical (unpaired) electrons. The Balaban J connectivity index is 2.68. The van der Waals surface area contributed by atoms with Crippen LogP contribution >= 0.6 is 27.5 Å². The lowest BCUT2D eigenvalue weighted by molar-refractivity contribution is -0.0229. The third-order valence-electron chi connectivity index (χ3n) is 1.33. The number of rotatable bonds is 3. The van der Waals surface area contributed by atoms with Crippen LogP contribution in [0.1, 0.15) is 6.92 Å². The van der Waals surface area contributed by atoms with Crippen LogP contribution in [0, 0.1) is 0 Å². The van der Waals surface area contributed by atoms with Crippen LogP contribution in [0.3, 0.4) is 0 Å². The Morgan fingerprint density at radius 3 is 2.57 bits per heavy atom. The van der Waals surface area contributed by atoms with Gasteiger partial charge in [0.15, 0.2) is 6.61 Å². The minimum absolute atomic E-state index is 0.325. The molecule has 78 valence electrons. The molecule has 0 aromatic heterocycles. The zero-order valence-corrected chi connectivity index (χ0v) is 9.70. The number of hydrogen-bond acceptors (Lipinski definition) is 1. The Bertz CT molecular complexity index is 305. The van der Waals surface area contributed by atoms with Crippen LogP contribution in [0.15, 0.2) is 22.7 Å². The van der Waals surface area contributed by atoms with Gasteiger partial charge in [0.1, 0.15) is 5.75 Å². The maximum atomic E-state index is 12.4. The summed E-state index contributed by atoms with van der Waals surface area (Å²) in [6, 6.07) is 4.72. The molecule has 1 nitrogen and oxygen atoms in total. The lowest BCUT2D eigenvalue weighted by Gasteiger charge is -2.12. The highest BCUT2D eigenvalue weighted by Gasteiger charge is 2.22. The average molecular weight is 286 g/mol. The third kappa shape index (κ3) is 4.24. The van der Waals surface area contributed by atoms with Crippen molar-refractivity contribution in [2.45, 2.75) is 12.8 Å². The van der Waals surface area contributed by atoms with Gasteiger partial charge >= 0.3 is 0 Å². The summed E-state index contributed by atoms with van der Waals surface area (Å²) in [6.45, 7) is 0.145. The third-order valence-corrected chi connectivity index (χ3v) is 2.00. The topological polar surface area (TPSA) is 9.23 Å². The zero-order chi connectivity index (χ0) is 10.8. The molecular weight excluding hydrogens is 277 g/mol. The van der Waals surface area contributed by atoms with Crippen molar-refractivity contribution >= 4 is 27.5 Å². The SMILES string of the molecule is CC(F)(F)COc1cc(Cl)cc(Br)c1. The second-order valence-corrected chi connectivity index (χ2v) is 4.32. The van der Waals surface area contributed by atoms with Gasteiger partial charge in [0.25, 0.3) is 5.92 Å². The molecule has 0 aliphatic rings. The van der Waals surface area contributed by atoms with Gasteiger partial charge in [0.05, 0.1) is 0 Å². The predicted octanol–water partition coefficient (Wildman–Crippen LogP) is 4.14. The minimum atomic E-state index is -2.84. The number of hydrogen-bond donors (Lipinski definition) is 0. The van der Waals surface area contributed by atoms with Crippen LogP contribution in [0.25, 0.3) is 0 Å². The number of ether oxygens (including phenoxy) is 1. The summed E-state index contributed by atoms with van der Waals surface area (Å²) in [4.78, 5) is 0. The molecule has 1 rings (SSSR count). The van der Waals surface area contributed by atoms with Gasteiger partial charge in [-0.3, -0.25) is 0 Å². The van der Waals surface area contributed by atoms with Gasteiger partial charge in [-0.1, -0.05) is 27.5 Å². The van der Waals surface area contributed by atoms with Crippen LogP contribution in [-0.4, -0.2) is 12.5 Å². The standard InChI is InChI=1S/C9H8BrClF2O/c1-9(12,13)5-14-8-3-6(10)2-7(11)4-8/h2-4H,5H2,1H3. The number of alkyl halides is 2. The molecule has 14 heavy (non-hydrogen) atoms. The Morgan fingerprint density at radius 1 is 1.43 bits per heavy atom. The minimum Gasteiger partial charge on any atom is -0.487 e. The van der Waals surface area contributed by atoms with Gasteiger partial charge in [0, 0.05) is 16.4 Å². The molecule has 0 heterocycles. The predicted molar refractivity (Wildman–Crippen MR) is 55.3 cm³/mol. The lowest BCUT2D eigenvalue weighted by Crippen LogP contribution is -2.20. The molecular formula is C9H8BrClF2O. The van der Waals surface area contributed by atoms with E-state index in [-0.39, 0.29) is 0 Å². The van der Waals surface area contributed by atoms with E-state index in [1.54, 1.807) is 12.1 Å². The van der Waals surface area contributed by atoms with Crippen LogP contribution in [0.4, 0.5) is 8.78 Å². The highest BCUT2D eigenvalue weighted by atomic mass is 79.9. The summed E-state index contributed by atoms with van der Waals surface area (Å²) in [5.41, 5.74) is 0. The lowest BCUT2D eigenvalue weighted by atomic mass is 10.3. The maximum absolute atomic E-state index is 12.4. The summed E-state index contributed by atoms with van der Waals surface area (Å²) in [7, 11) is 0. The van der Waals surface area contributed by atoms with Gasteiger partial charge in [-0.15, -0.1) is 0 Å². The summed E-state index contributed by atoms with van der Waals surface area (Å²) in [5.74, 6) is -2.51. The Kier molecular flexibility index (Phi) is 3.72. The largest absolute Gasteiger partial charge is 0.487 e. The van der Waals surface area contributed by atoms with Crippen molar-refractivity contribution in [3.8, 4) is 5.75 Å². The van der Waals surface area contributed by atoms with E-state index in [9.17, 15) is 8.78 Å². The molecule has 1 aromatic rings. The Labute approximate surface area is 94.1 Å². The smallest absolute Gasteiger partial charge is 0.278 e. The highest BCUT2D eigenvalue weighted by molar-refractivity contribution is 9.10. The highest BCUT2D eigenvalue weighted by Crippen LogP contribution is 2.25. The van der Waals surface area contributed by atoms with E-state index < -0.39 is 12.5 Å². The van der Waals surface area contributed by atoms with Gasteiger partial charge in [-0.25, -0.2) is 8.78 Å². The maximum Gasteiger partial charge on any atom is 0.278 e. The zero-order valence-electron chi connectivity index (χ0n) is 7.36. The van der Waals surface area contributed by atoms with Crippen molar-refractivity contribution in [1.29, 1.82) is 0 Å². The Hall–Kier alpha value is -0.350. The Morgan fingerprint density at radius 2 is 2.07 bits per heavy atom. The van der Waals surface area contributed by atoms with E-state index >= 15 is 0 Å². The summed E-state index contributed by atoms with van der Waals surface area (Å²) < 4.78 is 30.4. The van der Waals surface area contributed by atoms with Crippen molar-refractivity contribution in [2.75, 3.05) is 6.61 Å². The summed E-state index contributed by atoms with van der Waals surface area (Å²) in [5, 5.41) is 0.439. The molecule has 0 amide bonds. The molecule has 1 aromatic carbocycles. The molecule has 0 fully saturated rings. The van der Waals surface area contributed by atoms with E-state index in [4.69, 9.17) is 16.3 Å². The average Bonchev–Trinajstić information content (AvgIpc) is 1.97. The number of halogens is 4. The molecule has 0 spiro atoms. The molecule has 0 saturated heterocycles. The van der Waals surface area contributed by atoms with Gasteiger partial charge < -0.3 is 4.74 Å². The van der Waals surface area contributed by atoms with E-state index in [1.165, 1.54) is 6.07 Å². The fraction of sp³-hybridized carbons (Fsp3) is 0.333. The van der Waals surface area contributed by atoms with E-state index in [1.807, 2.05) is 0 Å². The quantitative estimate of drug-likeness (QED) is 0.811. The van der Waals surface area contributed by atoms with Crippen LogP contribution < -0.4 is 4.74 Å².